The van der Waals surface area contributed by atoms with E-state index in [1.807, 2.05) is 43.3 Å². The van der Waals surface area contributed by atoms with Gasteiger partial charge in [0.1, 0.15) is 11.6 Å². The van der Waals surface area contributed by atoms with Crippen molar-refractivity contribution in [2.75, 3.05) is 12.4 Å². The zero-order valence-electron chi connectivity index (χ0n) is 13.8. The van der Waals surface area contributed by atoms with E-state index < -0.39 is 5.82 Å². The molecule has 3 rings (SSSR count). The number of anilines is 1. The molecule has 1 amide bonds. The third kappa shape index (κ3) is 3.74. The summed E-state index contributed by atoms with van der Waals surface area (Å²) in [6, 6.07) is 15.8. The van der Waals surface area contributed by atoms with Crippen LogP contribution in [-0.2, 0) is 4.79 Å². The van der Waals surface area contributed by atoms with E-state index in [0.717, 1.165) is 22.1 Å². The average Bonchev–Trinajstić information content (AvgIpc) is 2.63. The molecule has 3 nitrogen and oxygen atoms in total. The molecule has 3 aromatic carbocycles. The molecule has 0 saturated heterocycles. The number of benzene rings is 3. The monoisotopic (exact) mass is 357 g/mol. The summed E-state index contributed by atoms with van der Waals surface area (Å²) in [7, 11) is 1.63. The van der Waals surface area contributed by atoms with Crippen molar-refractivity contribution in [3.8, 4) is 5.75 Å². The molecule has 0 heterocycles. The van der Waals surface area contributed by atoms with Gasteiger partial charge in [-0.05, 0) is 53.6 Å². The molecule has 25 heavy (non-hydrogen) atoms. The van der Waals surface area contributed by atoms with Crippen molar-refractivity contribution in [2.45, 2.75) is 12.8 Å². The number of hydrogen-bond donors (Lipinski definition) is 1. The Morgan fingerprint density at radius 1 is 1.08 bits per heavy atom. The third-order valence-electron chi connectivity index (χ3n) is 4.15. The average molecular weight is 358 g/mol. The van der Waals surface area contributed by atoms with Gasteiger partial charge in [0.05, 0.1) is 18.1 Å². The van der Waals surface area contributed by atoms with Gasteiger partial charge in [-0.3, -0.25) is 4.79 Å². The second kappa shape index (κ2) is 7.11. The summed E-state index contributed by atoms with van der Waals surface area (Å²) in [5.74, 6) is -0.275. The van der Waals surface area contributed by atoms with Gasteiger partial charge in [-0.25, -0.2) is 4.39 Å². The van der Waals surface area contributed by atoms with Crippen molar-refractivity contribution >= 4 is 34.0 Å². The largest absolute Gasteiger partial charge is 0.497 e. The number of hydrogen-bond acceptors (Lipinski definition) is 2. The van der Waals surface area contributed by atoms with E-state index in [9.17, 15) is 9.18 Å². The minimum atomic E-state index is -0.516. The highest BCUT2D eigenvalue weighted by Gasteiger charge is 2.16. The van der Waals surface area contributed by atoms with Crippen LogP contribution in [0.1, 0.15) is 18.4 Å². The highest BCUT2D eigenvalue weighted by atomic mass is 35.5. The van der Waals surface area contributed by atoms with E-state index in [1.54, 1.807) is 7.11 Å². The second-order valence-electron chi connectivity index (χ2n) is 5.81. The first-order valence-corrected chi connectivity index (χ1v) is 8.19. The predicted molar refractivity (Wildman–Crippen MR) is 99.0 cm³/mol. The lowest BCUT2D eigenvalue weighted by Crippen LogP contribution is -2.18. The highest BCUT2D eigenvalue weighted by molar-refractivity contribution is 6.31. The molecule has 0 aliphatic heterocycles. The molecule has 128 valence electrons. The fourth-order valence-electron chi connectivity index (χ4n) is 2.61. The maximum Gasteiger partial charge on any atom is 0.231 e. The lowest BCUT2D eigenvalue weighted by Gasteiger charge is -2.14. The Morgan fingerprint density at radius 2 is 1.80 bits per heavy atom. The minimum absolute atomic E-state index is 0.0231. The van der Waals surface area contributed by atoms with E-state index in [0.29, 0.717) is 5.69 Å². The van der Waals surface area contributed by atoms with Crippen molar-refractivity contribution in [2.24, 2.45) is 0 Å². The second-order valence-corrected chi connectivity index (χ2v) is 6.22. The van der Waals surface area contributed by atoms with Gasteiger partial charge in [0.15, 0.2) is 0 Å². The van der Waals surface area contributed by atoms with Crippen molar-refractivity contribution in [1.82, 2.24) is 0 Å². The van der Waals surface area contributed by atoms with Crippen LogP contribution in [0.4, 0.5) is 10.1 Å². The van der Waals surface area contributed by atoms with Gasteiger partial charge >= 0.3 is 0 Å². The Labute approximate surface area is 150 Å². The van der Waals surface area contributed by atoms with Gasteiger partial charge in [0.2, 0.25) is 5.91 Å². The summed E-state index contributed by atoms with van der Waals surface area (Å²) in [5, 5.41) is 4.81. The molecule has 1 atom stereocenters. The van der Waals surface area contributed by atoms with Crippen molar-refractivity contribution in [3.05, 3.63) is 71.0 Å². The molecular weight excluding hydrogens is 341 g/mol. The SMILES string of the molecule is COc1ccc2cc([C@H](C)C(=O)Nc3ccc(F)c(Cl)c3)ccc2c1. The first-order chi connectivity index (χ1) is 12.0. The number of methoxy groups -OCH3 is 1. The maximum absolute atomic E-state index is 13.2. The topological polar surface area (TPSA) is 38.3 Å². The number of amides is 1. The Morgan fingerprint density at radius 3 is 2.52 bits per heavy atom. The van der Waals surface area contributed by atoms with E-state index in [4.69, 9.17) is 16.3 Å². The van der Waals surface area contributed by atoms with E-state index in [-0.39, 0.29) is 16.8 Å². The first kappa shape index (κ1) is 17.2. The van der Waals surface area contributed by atoms with Gasteiger partial charge in [0, 0.05) is 5.69 Å². The molecule has 0 aliphatic carbocycles. The molecule has 1 N–H and O–H groups in total. The lowest BCUT2D eigenvalue weighted by atomic mass is 9.97. The van der Waals surface area contributed by atoms with Gasteiger partial charge < -0.3 is 10.1 Å². The smallest absolute Gasteiger partial charge is 0.231 e. The number of fused-ring (bicyclic) bond motifs is 1. The molecule has 0 spiro atoms. The molecule has 3 aromatic rings. The zero-order chi connectivity index (χ0) is 18.0. The number of carbonyl (C=O) groups is 1. The fraction of sp³-hybridized carbons (Fsp3) is 0.150. The normalized spacial score (nSPS) is 12.0. The molecule has 0 saturated carbocycles. The summed E-state index contributed by atoms with van der Waals surface area (Å²) in [6.07, 6.45) is 0. The zero-order valence-corrected chi connectivity index (χ0v) is 14.6. The summed E-state index contributed by atoms with van der Waals surface area (Å²) in [5.41, 5.74) is 1.36. The van der Waals surface area contributed by atoms with Crippen LogP contribution in [0.15, 0.2) is 54.6 Å². The van der Waals surface area contributed by atoms with E-state index >= 15 is 0 Å². The van der Waals surface area contributed by atoms with Gasteiger partial charge in [-0.2, -0.15) is 0 Å². The summed E-state index contributed by atoms with van der Waals surface area (Å²) >= 11 is 5.75. The molecular formula is C20H17ClFNO2. The molecule has 5 heteroatoms. The van der Waals surface area contributed by atoms with Crippen LogP contribution in [0.25, 0.3) is 10.8 Å². The fourth-order valence-corrected chi connectivity index (χ4v) is 2.79. The van der Waals surface area contributed by atoms with Crippen LogP contribution in [-0.4, -0.2) is 13.0 Å². The number of ether oxygens (including phenoxy) is 1. The van der Waals surface area contributed by atoms with Crippen molar-refractivity contribution in [1.29, 1.82) is 0 Å². The standard InChI is InChI=1S/C20H17ClFNO2/c1-12(20(24)23-16-6-8-19(22)18(21)11-16)13-3-4-15-10-17(25-2)7-5-14(15)9-13/h3-12H,1-2H3,(H,23,24)/t12-/m0/s1. The lowest BCUT2D eigenvalue weighted by molar-refractivity contribution is -0.117. The third-order valence-corrected chi connectivity index (χ3v) is 4.44. The predicted octanol–water partition coefficient (Wildman–Crippen LogP) is 5.38. The van der Waals surface area contributed by atoms with E-state index in [2.05, 4.69) is 5.32 Å². The number of carbonyl (C=O) groups excluding carboxylic acids is 1. The Bertz CT molecular complexity index is 942. The highest BCUT2D eigenvalue weighted by Crippen LogP contribution is 2.26. The maximum atomic E-state index is 13.2. The molecule has 0 aliphatic rings. The van der Waals surface area contributed by atoms with Crippen LogP contribution >= 0.6 is 11.6 Å². The Balaban J connectivity index is 1.81. The van der Waals surface area contributed by atoms with Crippen LogP contribution < -0.4 is 10.1 Å². The first-order valence-electron chi connectivity index (χ1n) is 7.81. The van der Waals surface area contributed by atoms with Crippen LogP contribution in [0.5, 0.6) is 5.75 Å². The summed E-state index contributed by atoms with van der Waals surface area (Å²) in [4.78, 5) is 12.5. The quantitative estimate of drug-likeness (QED) is 0.680. The van der Waals surface area contributed by atoms with Gasteiger partial charge in [-0.15, -0.1) is 0 Å². The summed E-state index contributed by atoms with van der Waals surface area (Å²) in [6.45, 7) is 1.82. The van der Waals surface area contributed by atoms with Gasteiger partial charge in [-0.1, -0.05) is 35.9 Å². The molecule has 0 unspecified atom stereocenters. The van der Waals surface area contributed by atoms with Crippen molar-refractivity contribution < 1.29 is 13.9 Å². The Hall–Kier alpha value is -2.59. The molecule has 0 radical (unpaired) electrons. The van der Waals surface area contributed by atoms with Crippen LogP contribution in [0.2, 0.25) is 5.02 Å². The molecule has 0 fully saturated rings. The van der Waals surface area contributed by atoms with E-state index in [1.165, 1.54) is 18.2 Å². The van der Waals surface area contributed by atoms with Crippen LogP contribution in [0.3, 0.4) is 0 Å². The number of rotatable bonds is 4. The Kier molecular flexibility index (Phi) is 4.91. The minimum Gasteiger partial charge on any atom is -0.497 e. The van der Waals surface area contributed by atoms with Crippen molar-refractivity contribution in [3.63, 3.8) is 0 Å². The van der Waals surface area contributed by atoms with Gasteiger partial charge in [0.25, 0.3) is 0 Å². The molecule has 0 aromatic heterocycles. The number of halogens is 2. The summed E-state index contributed by atoms with van der Waals surface area (Å²) < 4.78 is 18.4. The number of nitrogens with one attached hydrogen (secondary N) is 1. The molecule has 0 bridgehead atoms. The van der Waals surface area contributed by atoms with Crippen LogP contribution in [0, 0.1) is 5.82 Å².